The predicted octanol–water partition coefficient (Wildman–Crippen LogP) is -0.141. The largest absolute Gasteiger partial charge is 0.508 e. The summed E-state index contributed by atoms with van der Waals surface area (Å²) in [6.45, 7) is 5.93. The van der Waals surface area contributed by atoms with Crippen LogP contribution in [0.2, 0.25) is 0 Å². The number of hydrogen-bond donors (Lipinski definition) is 5. The summed E-state index contributed by atoms with van der Waals surface area (Å²) in [6.07, 6.45) is 1.86. The number of aromatic hydroxyl groups is 1. The minimum atomic E-state index is -1.06. The Hall–Kier alpha value is -3.27. The summed E-state index contributed by atoms with van der Waals surface area (Å²) in [6, 6.07) is 3.22. The maximum Gasteiger partial charge on any atom is 0.246 e. The lowest BCUT2D eigenvalue weighted by atomic mass is 10.0. The number of rotatable bonds is 27. The summed E-state index contributed by atoms with van der Waals surface area (Å²) in [5.74, 6) is -1.91. The second-order valence-electron chi connectivity index (χ2n) is 10.4. The summed E-state index contributed by atoms with van der Waals surface area (Å²) in [7, 11) is 0. The van der Waals surface area contributed by atoms with Crippen LogP contribution in [0.4, 0.5) is 0 Å². The molecule has 3 atom stereocenters. The number of Topliss-reactive ketones (excluding diaryl/α,β-unsaturated/α-hetero) is 3. The van der Waals surface area contributed by atoms with Crippen LogP contribution in [0.25, 0.3) is 0 Å². The quantitative estimate of drug-likeness (QED) is 0.0800. The first-order valence-corrected chi connectivity index (χ1v) is 15.1. The van der Waals surface area contributed by atoms with Crippen LogP contribution in [-0.4, -0.2) is 124 Å². The number of nitrogens with one attached hydrogen (secondary N) is 3. The van der Waals surface area contributed by atoms with Gasteiger partial charge in [-0.05, 0) is 44.4 Å². The molecular weight excluding hydrogens is 590 g/mol. The number of amides is 2. The van der Waals surface area contributed by atoms with Gasteiger partial charge in [-0.15, -0.1) is 0 Å². The van der Waals surface area contributed by atoms with E-state index in [1.165, 1.54) is 26.0 Å². The molecule has 0 aromatic heterocycles. The molecule has 0 spiro atoms. The lowest BCUT2D eigenvalue weighted by molar-refractivity contribution is -0.133. The van der Waals surface area contributed by atoms with Crippen LogP contribution in [0.15, 0.2) is 24.3 Å². The van der Waals surface area contributed by atoms with Gasteiger partial charge in [0.1, 0.15) is 30.8 Å². The van der Waals surface area contributed by atoms with Gasteiger partial charge in [0.15, 0.2) is 11.6 Å². The fraction of sp³-hybridized carbons (Fsp3) is 0.645. The van der Waals surface area contributed by atoms with Crippen molar-refractivity contribution in [2.45, 2.75) is 64.6 Å². The van der Waals surface area contributed by atoms with Gasteiger partial charge >= 0.3 is 0 Å². The van der Waals surface area contributed by atoms with Crippen molar-refractivity contribution in [1.82, 2.24) is 16.0 Å². The Morgan fingerprint density at radius 1 is 0.822 bits per heavy atom. The standard InChI is InChI=1S/C31H49N3O11/c1-4-11-42-13-15-44-20-26(38)6-5-12-43-14-16-45-21-30(40)34-27(17-24-7-9-25(37)10-8-24)31(41)33-22(2)29(39)18-32-28(19-35)23(3)36/h7-10,22,27-28,32,35,37H,4-6,11-21H2,1-3H3,(H,33,41)(H,34,40)/t22-,27+,28+/m1/s1. The lowest BCUT2D eigenvalue weighted by Gasteiger charge is -2.22. The van der Waals surface area contributed by atoms with Crippen LogP contribution in [0.1, 0.15) is 45.6 Å². The van der Waals surface area contributed by atoms with Gasteiger partial charge in [0.2, 0.25) is 11.8 Å². The molecule has 2 amide bonds. The Morgan fingerprint density at radius 3 is 2.07 bits per heavy atom. The first-order valence-electron chi connectivity index (χ1n) is 15.1. The Balaban J connectivity index is 2.44. The van der Waals surface area contributed by atoms with Crippen LogP contribution >= 0.6 is 0 Å². The van der Waals surface area contributed by atoms with E-state index >= 15 is 0 Å². The molecule has 0 saturated heterocycles. The fourth-order valence-electron chi connectivity index (χ4n) is 3.80. The second-order valence-corrected chi connectivity index (χ2v) is 10.4. The Labute approximate surface area is 264 Å². The molecule has 1 aromatic rings. The number of ketones is 3. The van der Waals surface area contributed by atoms with Crippen LogP contribution < -0.4 is 16.0 Å². The highest BCUT2D eigenvalue weighted by Gasteiger charge is 2.25. The number of aliphatic hydroxyl groups is 1. The van der Waals surface area contributed by atoms with Gasteiger partial charge in [-0.3, -0.25) is 29.3 Å². The van der Waals surface area contributed by atoms with E-state index in [2.05, 4.69) is 16.0 Å². The van der Waals surface area contributed by atoms with Crippen molar-refractivity contribution >= 4 is 29.2 Å². The van der Waals surface area contributed by atoms with E-state index in [1.54, 1.807) is 12.1 Å². The predicted molar refractivity (Wildman–Crippen MR) is 164 cm³/mol. The summed E-state index contributed by atoms with van der Waals surface area (Å²) in [5.41, 5.74) is 0.654. The fourth-order valence-corrected chi connectivity index (χ4v) is 3.80. The molecule has 0 aliphatic rings. The van der Waals surface area contributed by atoms with Crippen molar-refractivity contribution in [2.75, 3.05) is 66.0 Å². The maximum absolute atomic E-state index is 13.1. The zero-order chi connectivity index (χ0) is 33.5. The molecule has 0 bridgehead atoms. The van der Waals surface area contributed by atoms with E-state index in [1.807, 2.05) is 6.92 Å². The molecule has 1 rings (SSSR count). The van der Waals surface area contributed by atoms with E-state index in [0.717, 1.165) is 6.42 Å². The van der Waals surface area contributed by atoms with Gasteiger partial charge in [-0.2, -0.15) is 0 Å². The summed E-state index contributed by atoms with van der Waals surface area (Å²) < 4.78 is 21.3. The minimum absolute atomic E-state index is 0.0216. The van der Waals surface area contributed by atoms with Gasteiger partial charge in [-0.1, -0.05) is 19.1 Å². The monoisotopic (exact) mass is 639 g/mol. The van der Waals surface area contributed by atoms with Crippen molar-refractivity contribution in [2.24, 2.45) is 0 Å². The Morgan fingerprint density at radius 2 is 1.44 bits per heavy atom. The molecule has 1 aromatic carbocycles. The smallest absolute Gasteiger partial charge is 0.246 e. The molecule has 0 fully saturated rings. The minimum Gasteiger partial charge on any atom is -0.508 e. The number of hydrogen-bond acceptors (Lipinski definition) is 12. The number of ether oxygens (including phenoxy) is 4. The summed E-state index contributed by atoms with van der Waals surface area (Å²) in [4.78, 5) is 61.4. The highest BCUT2D eigenvalue weighted by atomic mass is 16.5. The van der Waals surface area contributed by atoms with Crippen molar-refractivity contribution < 1.29 is 53.1 Å². The second kappa shape index (κ2) is 24.0. The average Bonchev–Trinajstić information content (AvgIpc) is 3.00. The molecule has 0 aliphatic carbocycles. The van der Waals surface area contributed by atoms with Gasteiger partial charge in [0, 0.05) is 26.1 Å². The topological polar surface area (TPSA) is 199 Å². The van der Waals surface area contributed by atoms with Crippen LogP contribution in [0.5, 0.6) is 5.75 Å². The third kappa shape index (κ3) is 19.0. The van der Waals surface area contributed by atoms with E-state index in [4.69, 9.17) is 18.9 Å². The number of carbonyl (C=O) groups excluding carboxylic acids is 5. The van der Waals surface area contributed by atoms with Crippen LogP contribution in [0.3, 0.4) is 0 Å². The number of phenolic OH excluding ortho intramolecular Hbond substituents is 1. The van der Waals surface area contributed by atoms with Crippen LogP contribution in [-0.2, 0) is 49.3 Å². The third-order valence-electron chi connectivity index (χ3n) is 6.40. The van der Waals surface area contributed by atoms with Gasteiger partial charge in [0.05, 0.1) is 51.7 Å². The molecule has 0 radical (unpaired) electrons. The van der Waals surface area contributed by atoms with Crippen molar-refractivity contribution in [3.05, 3.63) is 29.8 Å². The van der Waals surface area contributed by atoms with E-state index in [9.17, 15) is 34.2 Å². The number of carbonyl (C=O) groups is 5. The molecule has 45 heavy (non-hydrogen) atoms. The zero-order valence-electron chi connectivity index (χ0n) is 26.5. The van der Waals surface area contributed by atoms with Crippen LogP contribution in [0, 0.1) is 0 Å². The normalized spacial score (nSPS) is 13.1. The summed E-state index contributed by atoms with van der Waals surface area (Å²) in [5, 5.41) is 26.6. The third-order valence-corrected chi connectivity index (χ3v) is 6.40. The number of phenols is 1. The molecular formula is C31H49N3O11. The van der Waals surface area contributed by atoms with E-state index in [0.29, 0.717) is 44.8 Å². The molecule has 0 saturated carbocycles. The lowest BCUT2D eigenvalue weighted by Crippen LogP contribution is -2.53. The Bertz CT molecular complexity index is 1040. The van der Waals surface area contributed by atoms with Gasteiger partial charge in [0.25, 0.3) is 0 Å². The van der Waals surface area contributed by atoms with Crippen molar-refractivity contribution in [3.8, 4) is 5.75 Å². The molecule has 0 heterocycles. The number of aliphatic hydroxyl groups excluding tert-OH is 1. The van der Waals surface area contributed by atoms with E-state index < -0.39 is 42.3 Å². The Kier molecular flexibility index (Phi) is 21.2. The molecule has 5 N–H and O–H groups in total. The number of benzene rings is 1. The molecule has 14 nitrogen and oxygen atoms in total. The maximum atomic E-state index is 13.1. The molecule has 0 aliphatic heterocycles. The first-order chi connectivity index (χ1) is 21.6. The SMILES string of the molecule is CCCOCCOCC(=O)CCCOCCOCC(=O)N[C@@H](Cc1ccc(O)cc1)C(=O)N[C@H](C)C(=O)CN[C@@H](CO)C(C)=O. The average molecular weight is 640 g/mol. The molecule has 254 valence electrons. The highest BCUT2D eigenvalue weighted by Crippen LogP contribution is 2.12. The van der Waals surface area contributed by atoms with Gasteiger partial charge in [-0.25, -0.2) is 0 Å². The van der Waals surface area contributed by atoms with Crippen molar-refractivity contribution in [1.29, 1.82) is 0 Å². The highest BCUT2D eigenvalue weighted by molar-refractivity contribution is 5.94. The molecule has 0 unspecified atom stereocenters. The van der Waals surface area contributed by atoms with E-state index in [-0.39, 0.29) is 56.7 Å². The van der Waals surface area contributed by atoms with Gasteiger partial charge < -0.3 is 39.8 Å². The molecule has 14 heteroatoms. The summed E-state index contributed by atoms with van der Waals surface area (Å²) >= 11 is 0. The zero-order valence-corrected chi connectivity index (χ0v) is 26.5. The van der Waals surface area contributed by atoms with Crippen molar-refractivity contribution in [3.63, 3.8) is 0 Å². The first kappa shape index (κ1) is 39.8.